The van der Waals surface area contributed by atoms with E-state index in [2.05, 4.69) is 27.9 Å². The number of hydrogen-bond donors (Lipinski definition) is 1. The van der Waals surface area contributed by atoms with Gasteiger partial charge in [-0.15, -0.1) is 12.4 Å². The second kappa shape index (κ2) is 6.79. The molecule has 6 heteroatoms. The van der Waals surface area contributed by atoms with Crippen LogP contribution in [0.1, 0.15) is 36.0 Å². The predicted molar refractivity (Wildman–Crippen MR) is 91.4 cm³/mol. The van der Waals surface area contributed by atoms with E-state index >= 15 is 0 Å². The molecule has 2 atom stereocenters. The first kappa shape index (κ1) is 17.0. The van der Waals surface area contributed by atoms with Crippen LogP contribution >= 0.6 is 35.0 Å². The summed E-state index contributed by atoms with van der Waals surface area (Å²) in [6.45, 7) is 0. The smallest absolute Gasteiger partial charge is 0.255 e. The molecule has 0 radical (unpaired) electrons. The van der Waals surface area contributed by atoms with Crippen molar-refractivity contribution in [1.29, 1.82) is 0 Å². The fourth-order valence-electron chi connectivity index (χ4n) is 3.36. The SMILES string of the molecule is CN(C(=O)c1cc(F)ccc1I)C1CC2CCC(C1)N2.Cl. The topological polar surface area (TPSA) is 32.3 Å². The first-order chi connectivity index (χ1) is 9.54. The largest absolute Gasteiger partial charge is 0.339 e. The minimum absolute atomic E-state index is 0. The van der Waals surface area contributed by atoms with Crippen molar-refractivity contribution in [3.63, 3.8) is 0 Å². The summed E-state index contributed by atoms with van der Waals surface area (Å²) in [7, 11) is 1.85. The first-order valence-electron chi connectivity index (χ1n) is 7.03. The van der Waals surface area contributed by atoms with Crippen molar-refractivity contribution in [2.24, 2.45) is 0 Å². The Morgan fingerprint density at radius 2 is 1.95 bits per heavy atom. The molecular formula is C15H19ClFIN2O. The van der Waals surface area contributed by atoms with E-state index in [9.17, 15) is 9.18 Å². The molecule has 3 rings (SSSR count). The summed E-state index contributed by atoms with van der Waals surface area (Å²) in [6, 6.07) is 5.74. The summed E-state index contributed by atoms with van der Waals surface area (Å²) < 4.78 is 14.2. The average molecular weight is 425 g/mol. The number of rotatable bonds is 2. The van der Waals surface area contributed by atoms with Gasteiger partial charge in [-0.25, -0.2) is 4.39 Å². The quantitative estimate of drug-likeness (QED) is 0.740. The van der Waals surface area contributed by atoms with Gasteiger partial charge in [-0.2, -0.15) is 0 Å². The number of benzene rings is 1. The summed E-state index contributed by atoms with van der Waals surface area (Å²) in [5.41, 5.74) is 0.471. The maximum Gasteiger partial charge on any atom is 0.255 e. The van der Waals surface area contributed by atoms with E-state index in [4.69, 9.17) is 0 Å². The summed E-state index contributed by atoms with van der Waals surface area (Å²) in [4.78, 5) is 14.4. The third kappa shape index (κ3) is 3.51. The van der Waals surface area contributed by atoms with Crippen molar-refractivity contribution < 1.29 is 9.18 Å². The first-order valence-corrected chi connectivity index (χ1v) is 8.10. The van der Waals surface area contributed by atoms with E-state index in [1.165, 1.54) is 25.0 Å². The van der Waals surface area contributed by atoms with Gasteiger partial charge in [0.25, 0.3) is 5.91 Å². The van der Waals surface area contributed by atoms with E-state index in [1.54, 1.807) is 6.07 Å². The third-order valence-corrected chi connectivity index (χ3v) is 5.42. The van der Waals surface area contributed by atoms with Gasteiger partial charge in [0.15, 0.2) is 0 Å². The van der Waals surface area contributed by atoms with Crippen LogP contribution in [0.3, 0.4) is 0 Å². The van der Waals surface area contributed by atoms with E-state index in [-0.39, 0.29) is 30.2 Å². The number of halogens is 3. The number of piperidine rings is 1. The fourth-order valence-corrected chi connectivity index (χ4v) is 3.93. The maximum atomic E-state index is 13.4. The zero-order valence-electron chi connectivity index (χ0n) is 11.8. The molecule has 1 N–H and O–H groups in total. The van der Waals surface area contributed by atoms with Gasteiger partial charge in [-0.05, 0) is 66.5 Å². The molecule has 2 aliphatic rings. The Hall–Kier alpha value is -0.400. The molecule has 1 aromatic carbocycles. The monoisotopic (exact) mass is 424 g/mol. The van der Waals surface area contributed by atoms with Gasteiger partial charge < -0.3 is 10.2 Å². The highest BCUT2D eigenvalue weighted by Crippen LogP contribution is 2.30. The van der Waals surface area contributed by atoms with Crippen LogP contribution in [0.25, 0.3) is 0 Å². The van der Waals surface area contributed by atoms with E-state index in [0.29, 0.717) is 17.6 Å². The lowest BCUT2D eigenvalue weighted by Crippen LogP contribution is -2.48. The Morgan fingerprint density at radius 3 is 2.57 bits per heavy atom. The molecule has 2 aliphatic heterocycles. The molecule has 2 saturated heterocycles. The molecule has 0 spiro atoms. The number of fused-ring (bicyclic) bond motifs is 2. The third-order valence-electron chi connectivity index (χ3n) is 4.48. The molecule has 0 aliphatic carbocycles. The Bertz CT molecular complexity index is 530. The van der Waals surface area contributed by atoms with Crippen molar-refractivity contribution >= 4 is 40.9 Å². The number of hydrogen-bond acceptors (Lipinski definition) is 2. The Morgan fingerprint density at radius 1 is 1.33 bits per heavy atom. The Kier molecular flexibility index (Phi) is 5.48. The van der Waals surface area contributed by atoms with Gasteiger partial charge in [0.1, 0.15) is 5.82 Å². The highest BCUT2D eigenvalue weighted by molar-refractivity contribution is 14.1. The number of nitrogens with one attached hydrogen (secondary N) is 1. The molecule has 3 nitrogen and oxygen atoms in total. The molecule has 1 aromatic rings. The zero-order valence-corrected chi connectivity index (χ0v) is 14.8. The lowest BCUT2D eigenvalue weighted by atomic mass is 9.98. The lowest BCUT2D eigenvalue weighted by molar-refractivity contribution is 0.0680. The van der Waals surface area contributed by atoms with Crippen LogP contribution in [0.15, 0.2) is 18.2 Å². The lowest BCUT2D eigenvalue weighted by Gasteiger charge is -2.35. The van der Waals surface area contributed by atoms with Crippen molar-refractivity contribution in [2.75, 3.05) is 7.05 Å². The van der Waals surface area contributed by atoms with Crippen LogP contribution in [0.5, 0.6) is 0 Å². The molecule has 2 fully saturated rings. The molecular weight excluding hydrogens is 406 g/mol. The zero-order chi connectivity index (χ0) is 14.3. The summed E-state index contributed by atoms with van der Waals surface area (Å²) in [5.74, 6) is -0.423. The van der Waals surface area contributed by atoms with Crippen LogP contribution < -0.4 is 5.32 Å². The molecule has 2 heterocycles. The van der Waals surface area contributed by atoms with Crippen molar-refractivity contribution in [1.82, 2.24) is 10.2 Å². The second-order valence-corrected chi connectivity index (χ2v) is 6.97. The van der Waals surface area contributed by atoms with Crippen LogP contribution in [0, 0.1) is 9.39 Å². The van der Waals surface area contributed by atoms with Gasteiger partial charge in [0, 0.05) is 28.7 Å². The van der Waals surface area contributed by atoms with Gasteiger partial charge >= 0.3 is 0 Å². The van der Waals surface area contributed by atoms with Gasteiger partial charge in [0.05, 0.1) is 5.56 Å². The van der Waals surface area contributed by atoms with Crippen LogP contribution in [0.2, 0.25) is 0 Å². The summed E-state index contributed by atoms with van der Waals surface area (Å²) in [6.07, 6.45) is 4.43. The van der Waals surface area contributed by atoms with Gasteiger partial charge in [-0.3, -0.25) is 4.79 Å². The molecule has 21 heavy (non-hydrogen) atoms. The maximum absolute atomic E-state index is 13.4. The molecule has 2 bridgehead atoms. The molecule has 1 amide bonds. The Balaban J connectivity index is 0.00000161. The normalized spacial score (nSPS) is 27.1. The second-order valence-electron chi connectivity index (χ2n) is 5.80. The summed E-state index contributed by atoms with van der Waals surface area (Å²) >= 11 is 2.09. The van der Waals surface area contributed by atoms with Gasteiger partial charge in [-0.1, -0.05) is 0 Å². The van der Waals surface area contributed by atoms with Crippen LogP contribution in [-0.2, 0) is 0 Å². The van der Waals surface area contributed by atoms with Crippen LogP contribution in [-0.4, -0.2) is 36.0 Å². The van der Waals surface area contributed by atoms with E-state index in [1.807, 2.05) is 11.9 Å². The van der Waals surface area contributed by atoms with Crippen molar-refractivity contribution in [3.8, 4) is 0 Å². The molecule has 2 unspecified atom stereocenters. The number of nitrogens with zero attached hydrogens (tertiary/aromatic N) is 1. The standard InChI is InChI=1S/C15H18FIN2O.ClH/c1-19(12-7-10-3-4-11(8-12)18-10)15(20)13-6-9(16)2-5-14(13)17;/h2,5-6,10-12,18H,3-4,7-8H2,1H3;1H. The highest BCUT2D eigenvalue weighted by atomic mass is 127. The number of amides is 1. The molecule has 116 valence electrons. The molecule has 0 aromatic heterocycles. The number of carbonyl (C=O) groups excluding carboxylic acids is 1. The predicted octanol–water partition coefficient (Wildman–Crippen LogP) is 3.21. The Labute approximate surface area is 144 Å². The van der Waals surface area contributed by atoms with Crippen molar-refractivity contribution in [3.05, 3.63) is 33.1 Å². The minimum atomic E-state index is -0.354. The molecule has 0 saturated carbocycles. The minimum Gasteiger partial charge on any atom is -0.339 e. The van der Waals surface area contributed by atoms with E-state index < -0.39 is 0 Å². The fraction of sp³-hybridized carbons (Fsp3) is 0.533. The van der Waals surface area contributed by atoms with Gasteiger partial charge in [0.2, 0.25) is 0 Å². The van der Waals surface area contributed by atoms with E-state index in [0.717, 1.165) is 16.4 Å². The highest BCUT2D eigenvalue weighted by Gasteiger charge is 2.36. The summed E-state index contributed by atoms with van der Waals surface area (Å²) in [5, 5.41) is 3.57. The van der Waals surface area contributed by atoms with Crippen molar-refractivity contribution in [2.45, 2.75) is 43.8 Å². The number of carbonyl (C=O) groups is 1. The average Bonchev–Trinajstić information content (AvgIpc) is 2.78. The van der Waals surface area contributed by atoms with Crippen LogP contribution in [0.4, 0.5) is 4.39 Å².